The number of likely N-dealkylation sites (N-methyl/N-ethyl adjacent to an activating group) is 1. The summed E-state index contributed by atoms with van der Waals surface area (Å²) in [5, 5.41) is 4.18. The third-order valence-corrected chi connectivity index (χ3v) is 4.37. The van der Waals surface area contributed by atoms with Crippen LogP contribution in [0.15, 0.2) is 24.3 Å². The molecule has 0 amide bonds. The van der Waals surface area contributed by atoms with Gasteiger partial charge in [-0.25, -0.2) is 9.37 Å². The van der Waals surface area contributed by atoms with Crippen molar-refractivity contribution in [3.63, 3.8) is 0 Å². The topological polar surface area (TPSA) is 41.0 Å². The van der Waals surface area contributed by atoms with Crippen molar-refractivity contribution >= 4 is 16.7 Å². The maximum atomic E-state index is 13.4. The van der Waals surface area contributed by atoms with E-state index in [2.05, 4.69) is 19.6 Å². The predicted octanol–water partition coefficient (Wildman–Crippen LogP) is 3.27. The molecule has 1 aliphatic carbocycles. The average Bonchev–Trinajstić information content (AvgIpc) is 3.19. The lowest BCUT2D eigenvalue weighted by molar-refractivity contribution is 0.311. The maximum absolute atomic E-state index is 13.4. The van der Waals surface area contributed by atoms with Crippen LogP contribution in [-0.4, -0.2) is 34.9 Å². The second-order valence-electron chi connectivity index (χ2n) is 5.65. The number of halogens is 1. The number of hydrogen-bond acceptors (Lipinski definition) is 5. The Balaban J connectivity index is 1.67. The van der Waals surface area contributed by atoms with Gasteiger partial charge in [-0.2, -0.15) is 4.37 Å². The molecule has 112 valence electrons. The highest BCUT2D eigenvalue weighted by atomic mass is 32.1. The molecule has 0 radical (unpaired) electrons. The van der Waals surface area contributed by atoms with Gasteiger partial charge in [0.15, 0.2) is 0 Å². The van der Waals surface area contributed by atoms with Gasteiger partial charge in [0.1, 0.15) is 11.6 Å². The summed E-state index contributed by atoms with van der Waals surface area (Å²) in [6.07, 6.45) is 2.42. The lowest BCUT2D eigenvalue weighted by Crippen LogP contribution is -2.26. The monoisotopic (exact) mass is 306 g/mol. The molecule has 1 fully saturated rings. The molecule has 6 heteroatoms. The highest BCUT2D eigenvalue weighted by Gasteiger charge is 2.28. The maximum Gasteiger partial charge on any atom is 0.202 e. The zero-order valence-corrected chi connectivity index (χ0v) is 13.0. The zero-order valence-electron chi connectivity index (χ0n) is 12.2. The molecule has 0 saturated heterocycles. The third kappa shape index (κ3) is 3.57. The molecule has 0 bridgehead atoms. The van der Waals surface area contributed by atoms with Crippen LogP contribution < -0.4 is 5.32 Å². The van der Waals surface area contributed by atoms with Gasteiger partial charge >= 0.3 is 0 Å². The first kappa shape index (κ1) is 14.4. The van der Waals surface area contributed by atoms with Gasteiger partial charge in [-0.15, -0.1) is 0 Å². The fraction of sp³-hybridized carbons (Fsp3) is 0.467. The molecule has 1 aliphatic rings. The summed E-state index contributed by atoms with van der Waals surface area (Å²) in [7, 11) is 3.99. The minimum absolute atomic E-state index is 0.0916. The number of hydrogen-bond donors (Lipinski definition) is 1. The smallest absolute Gasteiger partial charge is 0.202 e. The standard InChI is InChI=1S/C15H19FN4S/c1-20(2)13(11-4-3-5-12(16)8-11)9-17-15-18-14(19-21-15)10-6-7-10/h3-5,8,10,13H,6-7,9H2,1-2H3,(H,17,18,19). The van der Waals surface area contributed by atoms with E-state index in [1.165, 1.54) is 30.4 Å². The van der Waals surface area contributed by atoms with E-state index < -0.39 is 0 Å². The predicted molar refractivity (Wildman–Crippen MR) is 83.2 cm³/mol. The van der Waals surface area contributed by atoms with Crippen LogP contribution in [0.25, 0.3) is 0 Å². The van der Waals surface area contributed by atoms with E-state index in [4.69, 9.17) is 0 Å². The largest absolute Gasteiger partial charge is 0.358 e. The highest BCUT2D eigenvalue weighted by Crippen LogP contribution is 2.39. The zero-order chi connectivity index (χ0) is 14.8. The summed E-state index contributed by atoms with van der Waals surface area (Å²) in [5.41, 5.74) is 0.958. The molecular formula is C15H19FN4S. The summed E-state index contributed by atoms with van der Waals surface area (Å²) in [5.74, 6) is 1.34. The van der Waals surface area contributed by atoms with Crippen LogP contribution in [0, 0.1) is 5.82 Å². The van der Waals surface area contributed by atoms with E-state index in [0.29, 0.717) is 12.5 Å². The molecule has 4 nitrogen and oxygen atoms in total. The Bertz CT molecular complexity index is 609. The fourth-order valence-corrected chi connectivity index (χ4v) is 2.96. The number of nitrogens with one attached hydrogen (secondary N) is 1. The van der Waals surface area contributed by atoms with Crippen LogP contribution in [0.5, 0.6) is 0 Å². The molecule has 1 atom stereocenters. The number of anilines is 1. The summed E-state index contributed by atoms with van der Waals surface area (Å²) >= 11 is 1.41. The Morgan fingerprint density at radius 3 is 2.90 bits per heavy atom. The SMILES string of the molecule is CN(C)C(CNc1nc(C2CC2)ns1)c1cccc(F)c1. The molecule has 1 heterocycles. The molecule has 1 saturated carbocycles. The lowest BCUT2D eigenvalue weighted by atomic mass is 10.1. The van der Waals surface area contributed by atoms with Gasteiger partial charge in [-0.1, -0.05) is 12.1 Å². The fourth-order valence-electron chi connectivity index (χ4n) is 2.31. The molecule has 1 unspecified atom stereocenters. The summed E-state index contributed by atoms with van der Waals surface area (Å²) < 4.78 is 17.8. The molecule has 1 aromatic carbocycles. The first-order valence-electron chi connectivity index (χ1n) is 7.13. The summed E-state index contributed by atoms with van der Waals surface area (Å²) in [4.78, 5) is 6.59. The molecule has 3 rings (SSSR count). The average molecular weight is 306 g/mol. The molecular weight excluding hydrogens is 287 g/mol. The Kier molecular flexibility index (Phi) is 4.17. The Morgan fingerprint density at radius 2 is 2.24 bits per heavy atom. The second-order valence-corrected chi connectivity index (χ2v) is 6.40. The van der Waals surface area contributed by atoms with Gasteiger partial charge in [-0.3, -0.25) is 0 Å². The van der Waals surface area contributed by atoms with Crippen molar-refractivity contribution in [1.82, 2.24) is 14.3 Å². The minimum Gasteiger partial charge on any atom is -0.358 e. The van der Waals surface area contributed by atoms with Crippen molar-refractivity contribution < 1.29 is 4.39 Å². The number of benzene rings is 1. The van der Waals surface area contributed by atoms with Crippen molar-refractivity contribution in [2.45, 2.75) is 24.8 Å². The van der Waals surface area contributed by atoms with Gasteiger partial charge < -0.3 is 10.2 Å². The van der Waals surface area contributed by atoms with Gasteiger partial charge in [0.05, 0.1) is 6.04 Å². The van der Waals surface area contributed by atoms with E-state index in [0.717, 1.165) is 16.5 Å². The minimum atomic E-state index is -0.203. The van der Waals surface area contributed by atoms with Gasteiger partial charge in [-0.05, 0) is 44.6 Å². The van der Waals surface area contributed by atoms with E-state index in [1.807, 2.05) is 20.2 Å². The molecule has 1 N–H and O–H groups in total. The van der Waals surface area contributed by atoms with Gasteiger partial charge in [0, 0.05) is 24.0 Å². The number of nitrogens with zero attached hydrogens (tertiary/aromatic N) is 3. The normalized spacial score (nSPS) is 16.2. The molecule has 0 spiro atoms. The van der Waals surface area contributed by atoms with Crippen molar-refractivity contribution in [3.8, 4) is 0 Å². The molecule has 2 aromatic rings. The van der Waals surface area contributed by atoms with Crippen LogP contribution in [0.3, 0.4) is 0 Å². The van der Waals surface area contributed by atoms with Crippen LogP contribution in [-0.2, 0) is 0 Å². The lowest BCUT2D eigenvalue weighted by Gasteiger charge is -2.24. The van der Waals surface area contributed by atoms with Crippen molar-refractivity contribution in [2.75, 3.05) is 26.0 Å². The van der Waals surface area contributed by atoms with E-state index in [9.17, 15) is 4.39 Å². The summed E-state index contributed by atoms with van der Waals surface area (Å²) in [6.45, 7) is 0.676. The second kappa shape index (κ2) is 6.07. The molecule has 21 heavy (non-hydrogen) atoms. The van der Waals surface area contributed by atoms with Crippen molar-refractivity contribution in [3.05, 3.63) is 41.5 Å². The van der Waals surface area contributed by atoms with Crippen LogP contribution in [0.2, 0.25) is 0 Å². The van der Waals surface area contributed by atoms with Crippen LogP contribution >= 0.6 is 11.5 Å². The first-order chi connectivity index (χ1) is 10.1. The highest BCUT2D eigenvalue weighted by molar-refractivity contribution is 7.09. The molecule has 1 aromatic heterocycles. The third-order valence-electron chi connectivity index (χ3n) is 3.69. The Hall–Kier alpha value is -1.53. The van der Waals surface area contributed by atoms with E-state index in [-0.39, 0.29) is 11.9 Å². The van der Waals surface area contributed by atoms with E-state index >= 15 is 0 Å². The molecule has 0 aliphatic heterocycles. The van der Waals surface area contributed by atoms with Gasteiger partial charge in [0.2, 0.25) is 5.13 Å². The van der Waals surface area contributed by atoms with Crippen LogP contribution in [0.4, 0.5) is 9.52 Å². The van der Waals surface area contributed by atoms with Crippen LogP contribution in [0.1, 0.15) is 36.2 Å². The van der Waals surface area contributed by atoms with Crippen molar-refractivity contribution in [2.24, 2.45) is 0 Å². The van der Waals surface area contributed by atoms with Gasteiger partial charge in [0.25, 0.3) is 0 Å². The summed E-state index contributed by atoms with van der Waals surface area (Å²) in [6, 6.07) is 6.84. The number of rotatable bonds is 6. The Labute approximate surface area is 128 Å². The Morgan fingerprint density at radius 1 is 1.43 bits per heavy atom. The van der Waals surface area contributed by atoms with E-state index in [1.54, 1.807) is 12.1 Å². The quantitative estimate of drug-likeness (QED) is 0.889. The first-order valence-corrected chi connectivity index (χ1v) is 7.90. The van der Waals surface area contributed by atoms with Crippen molar-refractivity contribution in [1.29, 1.82) is 0 Å². The number of aromatic nitrogens is 2.